The molecule has 0 aliphatic heterocycles. The fourth-order valence-corrected chi connectivity index (χ4v) is 1.47. The number of aliphatic hydroxyl groups excluding tert-OH is 1. The van der Waals surface area contributed by atoms with Crippen molar-refractivity contribution in [2.24, 2.45) is 11.5 Å². The molecule has 0 fully saturated rings. The molecule has 0 saturated heterocycles. The second-order valence-electron chi connectivity index (χ2n) is 3.04. The number of halogens is 2. The topological polar surface area (TPSA) is 81.5 Å². The number of nitrogens with two attached hydrogens (primary N) is 2. The van der Waals surface area contributed by atoms with E-state index in [9.17, 15) is 0 Å². The Morgan fingerprint density at radius 1 is 1.29 bits per heavy atom. The molecule has 0 aliphatic carbocycles. The maximum absolute atomic E-state index is 7.56. The average Bonchev–Trinajstić information content (AvgIpc) is 2.35. The lowest BCUT2D eigenvalue weighted by Crippen LogP contribution is -2.15. The molecule has 8 heteroatoms. The van der Waals surface area contributed by atoms with Gasteiger partial charge in [-0.3, -0.25) is 0 Å². The molecule has 0 spiro atoms. The van der Waals surface area contributed by atoms with Crippen molar-refractivity contribution in [3.63, 3.8) is 0 Å². The predicted molar refractivity (Wildman–Crippen MR) is 103 cm³/mol. The van der Waals surface area contributed by atoms with E-state index < -0.39 is 5.17 Å². The van der Waals surface area contributed by atoms with Crippen molar-refractivity contribution < 1.29 is 9.84 Å². The van der Waals surface area contributed by atoms with Gasteiger partial charge in [0.05, 0.1) is 5.02 Å². The third-order valence-electron chi connectivity index (χ3n) is 1.10. The minimum atomic E-state index is -0.500. The molecule has 4 nitrogen and oxygen atoms in total. The van der Waals surface area contributed by atoms with Crippen molar-refractivity contribution in [1.29, 1.82) is 0 Å². The van der Waals surface area contributed by atoms with Gasteiger partial charge in [0, 0.05) is 4.47 Å². The van der Waals surface area contributed by atoms with E-state index in [4.69, 9.17) is 27.2 Å². The maximum atomic E-state index is 7.56. The van der Waals surface area contributed by atoms with Crippen LogP contribution in [0.5, 0.6) is 5.75 Å². The molecule has 0 heterocycles. The first kappa shape index (κ1) is 25.3. The molecule has 122 valence electrons. The van der Waals surface area contributed by atoms with Crippen LogP contribution in [-0.2, 0) is 0 Å². The number of benzene rings is 1. The Labute approximate surface area is 150 Å². The second-order valence-corrected chi connectivity index (χ2v) is 5.18. The Kier molecular flexibility index (Phi) is 21.0. The monoisotopic (exact) mass is 416 g/mol. The largest absolute Gasteiger partial charge is 0.487 e. The number of aliphatic hydroxyl groups is 1. The van der Waals surface area contributed by atoms with Gasteiger partial charge in [-0.1, -0.05) is 61.6 Å². The third-order valence-corrected chi connectivity index (χ3v) is 1.98. The zero-order chi connectivity index (χ0) is 17.4. The summed E-state index contributed by atoms with van der Waals surface area (Å²) in [5.41, 5.74) is 9.57. The van der Waals surface area contributed by atoms with Gasteiger partial charge in [-0.2, -0.15) is 0 Å². The van der Waals surface area contributed by atoms with Gasteiger partial charge >= 0.3 is 0 Å². The summed E-state index contributed by atoms with van der Waals surface area (Å²) in [6.07, 6.45) is 1.25. The first-order valence-corrected chi connectivity index (χ1v) is 8.14. The number of ether oxygens (including phenoxy) is 1. The van der Waals surface area contributed by atoms with E-state index in [0.717, 1.165) is 4.47 Å². The van der Waals surface area contributed by atoms with Crippen molar-refractivity contribution in [3.05, 3.63) is 27.7 Å². The molecular formula is C13H22BrClN2O2S2. The Bertz CT molecular complexity index is 417. The number of thiocarbonyl (C=S) groups is 2. The lowest BCUT2D eigenvalue weighted by Gasteiger charge is -2.04. The van der Waals surface area contributed by atoms with Crippen LogP contribution < -0.4 is 16.2 Å². The number of hydrogen-bond acceptors (Lipinski definition) is 3. The Balaban J connectivity index is -0.000000301. The van der Waals surface area contributed by atoms with Crippen molar-refractivity contribution >= 4 is 62.3 Å². The van der Waals surface area contributed by atoms with E-state index in [1.165, 1.54) is 6.42 Å². The zero-order valence-corrected chi connectivity index (χ0v) is 16.5. The predicted octanol–water partition coefficient (Wildman–Crippen LogP) is 4.96. The summed E-state index contributed by atoms with van der Waals surface area (Å²) >= 11 is 17.5. The molecule has 0 radical (unpaired) electrons. The maximum Gasteiger partial charge on any atom is 0.259 e. The molecule has 0 bridgehead atoms. The van der Waals surface area contributed by atoms with Crippen LogP contribution in [0.25, 0.3) is 0 Å². The van der Waals surface area contributed by atoms with Gasteiger partial charge in [-0.25, -0.2) is 0 Å². The van der Waals surface area contributed by atoms with Crippen LogP contribution in [-0.4, -0.2) is 15.5 Å². The molecule has 0 unspecified atom stereocenters. The van der Waals surface area contributed by atoms with Crippen LogP contribution in [0.3, 0.4) is 0 Å². The van der Waals surface area contributed by atoms with Crippen molar-refractivity contribution in [2.75, 3.05) is 0 Å². The minimum absolute atomic E-state index is 0.0424. The summed E-state index contributed by atoms with van der Waals surface area (Å²) in [6, 6.07) is 5.18. The van der Waals surface area contributed by atoms with Gasteiger partial charge in [0.1, 0.15) is 5.75 Å². The van der Waals surface area contributed by atoms with E-state index in [1.54, 1.807) is 18.2 Å². The molecule has 0 aliphatic rings. The van der Waals surface area contributed by atoms with Gasteiger partial charge in [0.15, 0.2) is 0 Å². The first-order valence-electron chi connectivity index (χ1n) is 6.15. The molecule has 1 aromatic carbocycles. The first-order chi connectivity index (χ1) is 9.74. The lowest BCUT2D eigenvalue weighted by molar-refractivity contribution is 0.557. The molecule has 0 amide bonds. The van der Waals surface area contributed by atoms with E-state index in [0.29, 0.717) is 10.8 Å². The highest BCUT2D eigenvalue weighted by Crippen LogP contribution is 2.27. The van der Waals surface area contributed by atoms with E-state index in [-0.39, 0.29) is 5.17 Å². The van der Waals surface area contributed by atoms with E-state index >= 15 is 0 Å². The lowest BCUT2D eigenvalue weighted by atomic mass is 10.3. The van der Waals surface area contributed by atoms with Crippen LogP contribution in [0.2, 0.25) is 5.02 Å². The smallest absolute Gasteiger partial charge is 0.259 e. The summed E-state index contributed by atoms with van der Waals surface area (Å²) in [5, 5.41) is 7.49. The van der Waals surface area contributed by atoms with Crippen molar-refractivity contribution in [3.8, 4) is 5.75 Å². The highest BCUT2D eigenvalue weighted by molar-refractivity contribution is 9.10. The molecule has 0 saturated carbocycles. The van der Waals surface area contributed by atoms with Crippen LogP contribution in [0.1, 0.15) is 34.1 Å². The number of hydrogen-bond donors (Lipinski definition) is 3. The molecule has 1 rings (SSSR count). The Morgan fingerprint density at radius 3 is 1.95 bits per heavy atom. The zero-order valence-electron chi connectivity index (χ0n) is 12.5. The number of rotatable bonds is 1. The van der Waals surface area contributed by atoms with Crippen LogP contribution >= 0.6 is 52.0 Å². The van der Waals surface area contributed by atoms with E-state index in [1.807, 2.05) is 13.8 Å². The fraction of sp³-hybridized carbons (Fsp3) is 0.385. The molecule has 1 aromatic rings. The van der Waals surface area contributed by atoms with Gasteiger partial charge in [0.25, 0.3) is 10.3 Å². The molecule has 0 aromatic heterocycles. The SMILES string of the molecule is CC.CCC.NC(=S)Oc1ccc(Br)cc1Cl.NC(O)=S. The third kappa shape index (κ3) is 21.8. The standard InChI is InChI=1S/C7H5BrClNOS.C3H8.C2H6.CH3NOS/c8-4-1-2-6(5(9)3-4)11-7(10)12;1-3-2;1-2;2-1(3)4/h1-3H,(H2,10,12);3H2,1-2H3;1-2H3;(H3,2,3,4). The summed E-state index contributed by atoms with van der Waals surface area (Å²) in [4.78, 5) is 0. The van der Waals surface area contributed by atoms with Gasteiger partial charge in [-0.15, -0.1) is 0 Å². The van der Waals surface area contributed by atoms with Crippen molar-refractivity contribution in [1.82, 2.24) is 0 Å². The summed E-state index contributed by atoms with van der Waals surface area (Å²) < 4.78 is 5.83. The van der Waals surface area contributed by atoms with Gasteiger partial charge < -0.3 is 21.3 Å². The summed E-state index contributed by atoms with van der Waals surface area (Å²) in [7, 11) is 0. The Morgan fingerprint density at radius 2 is 1.67 bits per heavy atom. The van der Waals surface area contributed by atoms with Crippen molar-refractivity contribution in [2.45, 2.75) is 34.1 Å². The molecule has 0 atom stereocenters. The quantitative estimate of drug-likeness (QED) is 0.560. The van der Waals surface area contributed by atoms with Crippen LogP contribution in [0.4, 0.5) is 0 Å². The summed E-state index contributed by atoms with van der Waals surface area (Å²) in [5.74, 6) is 0.465. The minimum Gasteiger partial charge on any atom is -0.487 e. The Hall–Kier alpha value is -0.630. The van der Waals surface area contributed by atoms with Gasteiger partial charge in [-0.05, 0) is 42.6 Å². The fourth-order valence-electron chi connectivity index (χ4n) is 0.666. The highest BCUT2D eigenvalue weighted by Gasteiger charge is 2.02. The molecule has 21 heavy (non-hydrogen) atoms. The molecule has 5 N–H and O–H groups in total. The van der Waals surface area contributed by atoms with E-state index in [2.05, 4.69) is 59.9 Å². The average molecular weight is 418 g/mol. The van der Waals surface area contributed by atoms with Crippen LogP contribution in [0, 0.1) is 0 Å². The normalized spacial score (nSPS) is 7.71. The van der Waals surface area contributed by atoms with Crippen LogP contribution in [0.15, 0.2) is 22.7 Å². The highest BCUT2D eigenvalue weighted by atomic mass is 79.9. The van der Waals surface area contributed by atoms with Gasteiger partial charge in [0.2, 0.25) is 0 Å². The summed E-state index contributed by atoms with van der Waals surface area (Å²) in [6.45, 7) is 8.25. The molecular weight excluding hydrogens is 396 g/mol. The second kappa shape index (κ2) is 17.4.